The van der Waals surface area contributed by atoms with Crippen molar-refractivity contribution in [2.45, 2.75) is 33.1 Å². The van der Waals surface area contributed by atoms with Gasteiger partial charge in [-0.2, -0.15) is 15.0 Å². The Labute approximate surface area is 109 Å². The van der Waals surface area contributed by atoms with E-state index in [1.807, 2.05) is 0 Å². The first-order valence-electron chi connectivity index (χ1n) is 6.37. The van der Waals surface area contributed by atoms with E-state index in [1.165, 1.54) is 12.8 Å². The van der Waals surface area contributed by atoms with Crippen molar-refractivity contribution in [1.82, 2.24) is 15.0 Å². The zero-order valence-corrected chi connectivity index (χ0v) is 11.7. The monoisotopic (exact) mass is 253 g/mol. The Hall–Kier alpha value is -1.59. The fraction of sp³-hybridized carbons (Fsp3) is 0.750. The molecule has 102 valence electrons. The van der Waals surface area contributed by atoms with Gasteiger partial charge in [-0.05, 0) is 12.3 Å². The molecular formula is C12H23N5O. The molecule has 0 atom stereocenters. The fourth-order valence-corrected chi connectivity index (χ4v) is 1.52. The molecule has 1 aromatic rings. The van der Waals surface area contributed by atoms with Gasteiger partial charge >= 0.3 is 6.01 Å². The lowest BCUT2D eigenvalue weighted by atomic mass is 10.1. The van der Waals surface area contributed by atoms with Crippen molar-refractivity contribution in [2.75, 3.05) is 31.3 Å². The van der Waals surface area contributed by atoms with Crippen LogP contribution in [0.5, 0.6) is 6.01 Å². The van der Waals surface area contributed by atoms with Gasteiger partial charge in [0.15, 0.2) is 0 Å². The average Bonchev–Trinajstić information content (AvgIpc) is 2.37. The average molecular weight is 253 g/mol. The van der Waals surface area contributed by atoms with Crippen molar-refractivity contribution in [3.05, 3.63) is 0 Å². The van der Waals surface area contributed by atoms with Crippen LogP contribution in [0.4, 0.5) is 11.9 Å². The summed E-state index contributed by atoms with van der Waals surface area (Å²) in [6, 6.07) is 0.319. The molecule has 0 saturated heterocycles. The van der Waals surface area contributed by atoms with Gasteiger partial charge in [-0.3, -0.25) is 0 Å². The highest BCUT2D eigenvalue weighted by Crippen LogP contribution is 2.11. The number of unbranched alkanes of at least 4 members (excludes halogenated alkanes) is 1. The summed E-state index contributed by atoms with van der Waals surface area (Å²) in [6.07, 6.45) is 3.58. The van der Waals surface area contributed by atoms with Crippen LogP contribution in [0.1, 0.15) is 33.1 Å². The van der Waals surface area contributed by atoms with Gasteiger partial charge in [-0.1, -0.05) is 26.7 Å². The van der Waals surface area contributed by atoms with Crippen LogP contribution >= 0.6 is 0 Å². The molecule has 0 bridgehead atoms. The fourth-order valence-electron chi connectivity index (χ4n) is 1.52. The minimum Gasteiger partial charge on any atom is -0.467 e. The number of hydrogen-bond donors (Lipinski definition) is 2. The van der Waals surface area contributed by atoms with Crippen LogP contribution in [-0.4, -0.2) is 35.7 Å². The van der Waals surface area contributed by atoms with Crippen LogP contribution in [0.3, 0.4) is 0 Å². The van der Waals surface area contributed by atoms with E-state index in [4.69, 9.17) is 4.74 Å². The minimum absolute atomic E-state index is 0.319. The summed E-state index contributed by atoms with van der Waals surface area (Å²) in [5.74, 6) is 1.82. The molecule has 0 saturated carbocycles. The Morgan fingerprint density at radius 1 is 1.11 bits per heavy atom. The van der Waals surface area contributed by atoms with Crippen LogP contribution in [0.15, 0.2) is 0 Å². The molecular weight excluding hydrogens is 230 g/mol. The maximum atomic E-state index is 5.01. The van der Waals surface area contributed by atoms with E-state index in [0.29, 0.717) is 17.9 Å². The van der Waals surface area contributed by atoms with Gasteiger partial charge in [0.25, 0.3) is 0 Å². The predicted molar refractivity (Wildman–Crippen MR) is 73.1 cm³/mol. The smallest absolute Gasteiger partial charge is 0.322 e. The second-order valence-electron chi connectivity index (χ2n) is 4.54. The number of ether oxygens (including phenoxy) is 1. The summed E-state index contributed by atoms with van der Waals surface area (Å²) >= 11 is 0. The Balaban J connectivity index is 2.41. The molecule has 0 aromatic carbocycles. The maximum Gasteiger partial charge on any atom is 0.322 e. The highest BCUT2D eigenvalue weighted by atomic mass is 16.5. The van der Waals surface area contributed by atoms with Crippen molar-refractivity contribution >= 4 is 11.9 Å². The van der Waals surface area contributed by atoms with Gasteiger partial charge in [0.2, 0.25) is 11.9 Å². The second-order valence-corrected chi connectivity index (χ2v) is 4.54. The van der Waals surface area contributed by atoms with E-state index in [2.05, 4.69) is 39.4 Å². The van der Waals surface area contributed by atoms with Crippen molar-refractivity contribution in [1.29, 1.82) is 0 Å². The molecule has 18 heavy (non-hydrogen) atoms. The molecule has 1 rings (SSSR count). The van der Waals surface area contributed by atoms with Gasteiger partial charge in [0.1, 0.15) is 0 Å². The number of anilines is 2. The van der Waals surface area contributed by atoms with Gasteiger partial charge in [0, 0.05) is 13.6 Å². The van der Waals surface area contributed by atoms with Crippen LogP contribution in [0, 0.1) is 5.92 Å². The van der Waals surface area contributed by atoms with Crippen molar-refractivity contribution < 1.29 is 4.74 Å². The Morgan fingerprint density at radius 3 is 2.44 bits per heavy atom. The summed E-state index contributed by atoms with van der Waals surface area (Å²) in [6.45, 7) is 5.34. The van der Waals surface area contributed by atoms with E-state index in [1.54, 1.807) is 14.2 Å². The van der Waals surface area contributed by atoms with Gasteiger partial charge < -0.3 is 15.4 Å². The molecule has 0 aliphatic heterocycles. The Bertz CT molecular complexity index is 334. The predicted octanol–water partition coefficient (Wildman–Crippen LogP) is 2.16. The molecule has 0 aliphatic rings. The molecule has 6 nitrogen and oxygen atoms in total. The van der Waals surface area contributed by atoms with E-state index in [0.717, 1.165) is 18.9 Å². The van der Waals surface area contributed by atoms with Crippen LogP contribution in [0.25, 0.3) is 0 Å². The normalized spacial score (nSPS) is 10.5. The van der Waals surface area contributed by atoms with E-state index < -0.39 is 0 Å². The molecule has 0 aliphatic carbocycles. The van der Waals surface area contributed by atoms with E-state index in [-0.39, 0.29) is 0 Å². The standard InChI is InChI=1S/C12H23N5O/c1-9(2)7-5-6-8-14-11-15-10(13-3)16-12(17-11)18-4/h9H,5-8H2,1-4H3,(H2,13,14,15,16,17). The Morgan fingerprint density at radius 2 is 1.83 bits per heavy atom. The number of aromatic nitrogens is 3. The first kappa shape index (κ1) is 14.5. The van der Waals surface area contributed by atoms with Gasteiger partial charge in [-0.25, -0.2) is 0 Å². The molecule has 0 radical (unpaired) electrons. The summed E-state index contributed by atoms with van der Waals surface area (Å²) in [7, 11) is 3.31. The summed E-state index contributed by atoms with van der Waals surface area (Å²) in [5.41, 5.74) is 0. The third-order valence-electron chi connectivity index (χ3n) is 2.51. The zero-order valence-electron chi connectivity index (χ0n) is 11.7. The molecule has 0 fully saturated rings. The zero-order chi connectivity index (χ0) is 13.4. The second kappa shape index (κ2) is 7.68. The third-order valence-corrected chi connectivity index (χ3v) is 2.51. The molecule has 0 unspecified atom stereocenters. The molecule has 2 N–H and O–H groups in total. The Kier molecular flexibility index (Phi) is 6.18. The van der Waals surface area contributed by atoms with E-state index >= 15 is 0 Å². The number of nitrogens with zero attached hydrogens (tertiary/aromatic N) is 3. The van der Waals surface area contributed by atoms with Crippen molar-refractivity contribution in [3.63, 3.8) is 0 Å². The number of rotatable bonds is 8. The highest BCUT2D eigenvalue weighted by molar-refractivity contribution is 5.35. The van der Waals surface area contributed by atoms with Crippen LogP contribution in [0.2, 0.25) is 0 Å². The lowest BCUT2D eigenvalue weighted by molar-refractivity contribution is 0.379. The minimum atomic E-state index is 0.319. The lowest BCUT2D eigenvalue weighted by Gasteiger charge is -2.08. The third kappa shape index (κ3) is 5.16. The number of hydrogen-bond acceptors (Lipinski definition) is 6. The van der Waals surface area contributed by atoms with Crippen molar-refractivity contribution in [3.8, 4) is 6.01 Å². The van der Waals surface area contributed by atoms with Crippen LogP contribution < -0.4 is 15.4 Å². The molecule has 6 heteroatoms. The highest BCUT2D eigenvalue weighted by Gasteiger charge is 2.04. The quantitative estimate of drug-likeness (QED) is 0.692. The molecule has 1 heterocycles. The summed E-state index contributed by atoms with van der Waals surface area (Å²) < 4.78 is 5.01. The number of methoxy groups -OCH3 is 1. The molecule has 1 aromatic heterocycles. The molecule has 0 amide bonds. The summed E-state index contributed by atoms with van der Waals surface area (Å²) in [5, 5.41) is 6.06. The largest absolute Gasteiger partial charge is 0.467 e. The first-order chi connectivity index (χ1) is 8.65. The number of nitrogens with one attached hydrogen (secondary N) is 2. The van der Waals surface area contributed by atoms with E-state index in [9.17, 15) is 0 Å². The maximum absolute atomic E-state index is 5.01. The topological polar surface area (TPSA) is 72.0 Å². The SMILES string of the molecule is CNc1nc(NCCCCC(C)C)nc(OC)n1. The van der Waals surface area contributed by atoms with Gasteiger partial charge in [-0.15, -0.1) is 0 Å². The van der Waals surface area contributed by atoms with Gasteiger partial charge in [0.05, 0.1) is 7.11 Å². The molecule has 0 spiro atoms. The van der Waals surface area contributed by atoms with Crippen molar-refractivity contribution in [2.24, 2.45) is 5.92 Å². The lowest BCUT2D eigenvalue weighted by Crippen LogP contribution is -2.09. The first-order valence-corrected chi connectivity index (χ1v) is 6.37. The van der Waals surface area contributed by atoms with Crippen LogP contribution in [-0.2, 0) is 0 Å². The summed E-state index contributed by atoms with van der Waals surface area (Å²) in [4.78, 5) is 12.4.